The van der Waals surface area contributed by atoms with Crippen LogP contribution in [0.15, 0.2) is 23.2 Å². The Balaban J connectivity index is 2.37. The lowest BCUT2D eigenvalue weighted by molar-refractivity contribution is -0.118. The summed E-state index contributed by atoms with van der Waals surface area (Å²) in [4.78, 5) is 15.0. The average molecular weight is 318 g/mol. The first kappa shape index (κ1) is 15.2. The molecule has 0 spiro atoms. The number of primary amides is 1. The molecule has 1 aromatic heterocycles. The monoisotopic (exact) mass is 317 g/mol. The van der Waals surface area contributed by atoms with Crippen molar-refractivity contribution in [2.45, 2.75) is 36.6 Å². The van der Waals surface area contributed by atoms with Crippen LogP contribution in [0.4, 0.5) is 0 Å². The molecule has 110 valence electrons. The van der Waals surface area contributed by atoms with Crippen LogP contribution in [0.5, 0.6) is 0 Å². The van der Waals surface area contributed by atoms with Crippen LogP contribution in [0.2, 0.25) is 5.15 Å². The number of amides is 1. The van der Waals surface area contributed by atoms with Crippen LogP contribution < -0.4 is 5.73 Å². The van der Waals surface area contributed by atoms with Gasteiger partial charge in [0.2, 0.25) is 15.9 Å². The molecule has 1 aliphatic carbocycles. The van der Waals surface area contributed by atoms with Gasteiger partial charge in [-0.25, -0.2) is 13.4 Å². The Morgan fingerprint density at radius 1 is 1.45 bits per heavy atom. The van der Waals surface area contributed by atoms with Gasteiger partial charge in [-0.1, -0.05) is 24.4 Å². The number of carbonyl (C=O) groups is 1. The van der Waals surface area contributed by atoms with Gasteiger partial charge in [0.25, 0.3) is 0 Å². The molecule has 1 aromatic rings. The molecule has 0 saturated heterocycles. The number of halogens is 1. The van der Waals surface area contributed by atoms with Gasteiger partial charge in [0, 0.05) is 12.2 Å². The third kappa shape index (κ3) is 3.28. The van der Waals surface area contributed by atoms with Crippen LogP contribution in [0.3, 0.4) is 0 Å². The number of aromatic nitrogens is 1. The summed E-state index contributed by atoms with van der Waals surface area (Å²) in [5.41, 5.74) is 5.18. The predicted octanol–water partition coefficient (Wildman–Crippen LogP) is 1.15. The molecule has 2 N–H and O–H groups in total. The molecule has 0 bridgehead atoms. The largest absolute Gasteiger partial charge is 0.369 e. The molecule has 0 radical (unpaired) electrons. The molecule has 1 amide bonds. The van der Waals surface area contributed by atoms with E-state index in [9.17, 15) is 13.2 Å². The van der Waals surface area contributed by atoms with Crippen LogP contribution in [0.25, 0.3) is 0 Å². The molecular weight excluding hydrogens is 302 g/mol. The van der Waals surface area contributed by atoms with Gasteiger partial charge in [0.1, 0.15) is 5.15 Å². The second kappa shape index (κ2) is 6.07. The number of hydrogen-bond acceptors (Lipinski definition) is 4. The van der Waals surface area contributed by atoms with Gasteiger partial charge in [-0.15, -0.1) is 0 Å². The van der Waals surface area contributed by atoms with E-state index in [0.717, 1.165) is 25.7 Å². The topological polar surface area (TPSA) is 93.4 Å². The first-order chi connectivity index (χ1) is 9.41. The Labute approximate surface area is 123 Å². The maximum Gasteiger partial charge on any atom is 0.243 e. The SMILES string of the molecule is NC(=O)CN(C1CCCC1)S(=O)(=O)c1ccnc(Cl)c1. The molecule has 0 unspecified atom stereocenters. The Kier molecular flexibility index (Phi) is 4.62. The Hall–Kier alpha value is -1.18. The highest BCUT2D eigenvalue weighted by Crippen LogP contribution is 2.28. The molecule has 20 heavy (non-hydrogen) atoms. The molecule has 0 aliphatic heterocycles. The Morgan fingerprint density at radius 3 is 2.65 bits per heavy atom. The summed E-state index contributed by atoms with van der Waals surface area (Å²) in [5, 5.41) is 0.0940. The normalized spacial score (nSPS) is 16.7. The maximum atomic E-state index is 12.6. The van der Waals surface area contributed by atoms with Gasteiger partial charge in [0.05, 0.1) is 11.4 Å². The summed E-state index contributed by atoms with van der Waals surface area (Å²) >= 11 is 5.74. The third-order valence-corrected chi connectivity index (χ3v) is 5.45. The van der Waals surface area contributed by atoms with Gasteiger partial charge in [-0.2, -0.15) is 4.31 Å². The lowest BCUT2D eigenvalue weighted by Crippen LogP contribution is -2.44. The van der Waals surface area contributed by atoms with E-state index in [4.69, 9.17) is 17.3 Å². The molecular formula is C12H16ClN3O3S. The van der Waals surface area contributed by atoms with Crippen molar-refractivity contribution in [3.05, 3.63) is 23.5 Å². The van der Waals surface area contributed by atoms with E-state index < -0.39 is 15.9 Å². The minimum atomic E-state index is -3.79. The van der Waals surface area contributed by atoms with Crippen molar-refractivity contribution in [2.24, 2.45) is 5.73 Å². The highest BCUT2D eigenvalue weighted by Gasteiger charge is 2.34. The predicted molar refractivity (Wildman–Crippen MR) is 74.6 cm³/mol. The van der Waals surface area contributed by atoms with Gasteiger partial charge in [-0.3, -0.25) is 4.79 Å². The molecule has 1 heterocycles. The number of sulfonamides is 1. The first-order valence-electron chi connectivity index (χ1n) is 6.33. The zero-order valence-corrected chi connectivity index (χ0v) is 12.4. The van der Waals surface area contributed by atoms with Crippen molar-refractivity contribution in [3.63, 3.8) is 0 Å². The number of nitrogens with zero attached hydrogens (tertiary/aromatic N) is 2. The zero-order valence-electron chi connectivity index (χ0n) is 10.8. The molecule has 2 rings (SSSR count). The Bertz CT molecular complexity index is 600. The molecule has 0 atom stereocenters. The van der Waals surface area contributed by atoms with E-state index in [1.807, 2.05) is 0 Å². The fourth-order valence-electron chi connectivity index (χ4n) is 2.44. The van der Waals surface area contributed by atoms with Crippen LogP contribution in [0.1, 0.15) is 25.7 Å². The maximum absolute atomic E-state index is 12.6. The standard InChI is InChI=1S/C12H16ClN3O3S/c13-11-7-10(5-6-15-11)20(18,19)16(8-12(14)17)9-3-1-2-4-9/h5-7,9H,1-4,8H2,(H2,14,17). The summed E-state index contributed by atoms with van der Waals surface area (Å²) < 4.78 is 26.5. The number of nitrogens with two attached hydrogens (primary N) is 1. The van der Waals surface area contributed by atoms with Crippen molar-refractivity contribution in [2.75, 3.05) is 6.54 Å². The van der Waals surface area contributed by atoms with E-state index >= 15 is 0 Å². The summed E-state index contributed by atoms with van der Waals surface area (Å²) in [6, 6.07) is 2.46. The van der Waals surface area contributed by atoms with Gasteiger partial charge >= 0.3 is 0 Å². The van der Waals surface area contributed by atoms with Crippen LogP contribution in [-0.2, 0) is 14.8 Å². The van der Waals surface area contributed by atoms with Gasteiger partial charge < -0.3 is 5.73 Å². The van der Waals surface area contributed by atoms with E-state index in [1.165, 1.54) is 22.6 Å². The van der Waals surface area contributed by atoms with Crippen molar-refractivity contribution < 1.29 is 13.2 Å². The van der Waals surface area contributed by atoms with Crippen LogP contribution >= 0.6 is 11.6 Å². The smallest absolute Gasteiger partial charge is 0.243 e. The first-order valence-corrected chi connectivity index (χ1v) is 8.15. The molecule has 6 nitrogen and oxygen atoms in total. The van der Waals surface area contributed by atoms with Gasteiger partial charge in [0.15, 0.2) is 0 Å². The highest BCUT2D eigenvalue weighted by atomic mass is 35.5. The van der Waals surface area contributed by atoms with E-state index in [2.05, 4.69) is 4.98 Å². The highest BCUT2D eigenvalue weighted by molar-refractivity contribution is 7.89. The average Bonchev–Trinajstić information content (AvgIpc) is 2.89. The molecule has 1 saturated carbocycles. The second-order valence-corrected chi connectivity index (χ2v) is 7.05. The Morgan fingerprint density at radius 2 is 2.10 bits per heavy atom. The van der Waals surface area contributed by atoms with E-state index in [-0.39, 0.29) is 22.6 Å². The summed E-state index contributed by atoms with van der Waals surface area (Å²) in [6.07, 6.45) is 4.71. The molecule has 1 aliphatic rings. The number of hydrogen-bond donors (Lipinski definition) is 1. The van der Waals surface area contributed by atoms with Crippen LogP contribution in [0, 0.1) is 0 Å². The second-order valence-electron chi connectivity index (χ2n) is 4.77. The quantitative estimate of drug-likeness (QED) is 0.824. The summed E-state index contributed by atoms with van der Waals surface area (Å²) in [5.74, 6) is -0.666. The lowest BCUT2D eigenvalue weighted by atomic mass is 10.2. The molecule has 1 fully saturated rings. The van der Waals surface area contributed by atoms with E-state index in [1.54, 1.807) is 0 Å². The third-order valence-electron chi connectivity index (χ3n) is 3.35. The lowest BCUT2D eigenvalue weighted by Gasteiger charge is -2.26. The summed E-state index contributed by atoms with van der Waals surface area (Å²) in [6.45, 7) is -0.313. The minimum Gasteiger partial charge on any atom is -0.369 e. The zero-order chi connectivity index (χ0) is 14.8. The molecule has 0 aromatic carbocycles. The van der Waals surface area contributed by atoms with Crippen molar-refractivity contribution in [1.82, 2.24) is 9.29 Å². The number of carbonyl (C=O) groups excluding carboxylic acids is 1. The fourth-order valence-corrected chi connectivity index (χ4v) is 4.34. The van der Waals surface area contributed by atoms with Crippen LogP contribution in [-0.4, -0.2) is 36.2 Å². The van der Waals surface area contributed by atoms with Crippen molar-refractivity contribution >= 4 is 27.5 Å². The number of pyridine rings is 1. The fraction of sp³-hybridized carbons (Fsp3) is 0.500. The number of rotatable bonds is 5. The minimum absolute atomic E-state index is 0.0330. The van der Waals surface area contributed by atoms with E-state index in [0.29, 0.717) is 0 Å². The molecule has 8 heteroatoms. The summed E-state index contributed by atoms with van der Waals surface area (Å²) in [7, 11) is -3.79. The van der Waals surface area contributed by atoms with Crippen molar-refractivity contribution in [3.8, 4) is 0 Å². The van der Waals surface area contributed by atoms with Crippen molar-refractivity contribution in [1.29, 1.82) is 0 Å². The van der Waals surface area contributed by atoms with Gasteiger partial charge in [-0.05, 0) is 25.0 Å².